The van der Waals surface area contributed by atoms with E-state index in [1.54, 1.807) is 6.07 Å². The summed E-state index contributed by atoms with van der Waals surface area (Å²) in [5, 5.41) is 18.8. The minimum absolute atomic E-state index is 0.253. The predicted octanol–water partition coefficient (Wildman–Crippen LogP) is 6.12. The minimum Gasteiger partial charge on any atom is -0.473 e. The third-order valence-corrected chi connectivity index (χ3v) is 6.13. The highest BCUT2D eigenvalue weighted by atomic mass is 79.9. The largest absolute Gasteiger partial charge is 0.473 e. The summed E-state index contributed by atoms with van der Waals surface area (Å²) < 4.78 is 17.1. The van der Waals surface area contributed by atoms with Gasteiger partial charge < -0.3 is 20.1 Å². The molecule has 7 nitrogen and oxygen atoms in total. The molecule has 0 fully saturated rings. The van der Waals surface area contributed by atoms with Crippen molar-refractivity contribution in [2.75, 3.05) is 5.32 Å². The van der Waals surface area contributed by atoms with Gasteiger partial charge in [0, 0.05) is 28.1 Å². The van der Waals surface area contributed by atoms with Gasteiger partial charge in [-0.05, 0) is 41.8 Å². The van der Waals surface area contributed by atoms with Gasteiger partial charge in [-0.3, -0.25) is 0 Å². The summed E-state index contributed by atoms with van der Waals surface area (Å²) in [7, 11) is 0. The van der Waals surface area contributed by atoms with Crippen molar-refractivity contribution in [2.45, 2.75) is 19.5 Å². The van der Waals surface area contributed by atoms with Crippen LogP contribution in [0.1, 0.15) is 11.1 Å². The van der Waals surface area contributed by atoms with Crippen molar-refractivity contribution in [3.05, 3.63) is 105 Å². The standard InChI is InChI=1S/C24H20BrClFN3.C2H2O4/c25-21-7-4-8-22(27)20(21)15-28-24-29-16-23(18-9-11-19(26)12-10-18)30(24)14-13-17-5-2-1-3-6-17;3-1(4)2(5)6/h1-12,16H,13-15H2,(H,28,29);(H,3,4)(H,5,6). The summed E-state index contributed by atoms with van der Waals surface area (Å²) in [5.74, 6) is -3.20. The molecule has 4 aromatic rings. The Morgan fingerprint density at radius 3 is 2.25 bits per heavy atom. The minimum atomic E-state index is -1.82. The van der Waals surface area contributed by atoms with Crippen LogP contribution < -0.4 is 5.32 Å². The lowest BCUT2D eigenvalue weighted by Crippen LogP contribution is -2.11. The molecule has 0 unspecified atom stereocenters. The van der Waals surface area contributed by atoms with E-state index in [-0.39, 0.29) is 5.82 Å². The van der Waals surface area contributed by atoms with E-state index in [0.29, 0.717) is 23.1 Å². The molecule has 1 heterocycles. The number of anilines is 1. The molecule has 3 N–H and O–H groups in total. The lowest BCUT2D eigenvalue weighted by Gasteiger charge is -2.14. The van der Waals surface area contributed by atoms with E-state index in [9.17, 15) is 4.39 Å². The lowest BCUT2D eigenvalue weighted by molar-refractivity contribution is -0.159. The van der Waals surface area contributed by atoms with Gasteiger partial charge in [0.05, 0.1) is 11.9 Å². The topological polar surface area (TPSA) is 104 Å². The van der Waals surface area contributed by atoms with Crippen molar-refractivity contribution >= 4 is 45.4 Å². The number of hydrogen-bond donors (Lipinski definition) is 3. The van der Waals surface area contributed by atoms with Gasteiger partial charge in [0.1, 0.15) is 5.82 Å². The van der Waals surface area contributed by atoms with E-state index in [2.05, 4.69) is 42.9 Å². The average Bonchev–Trinajstić information content (AvgIpc) is 3.26. The summed E-state index contributed by atoms with van der Waals surface area (Å²) in [4.78, 5) is 22.8. The zero-order valence-electron chi connectivity index (χ0n) is 18.9. The van der Waals surface area contributed by atoms with Gasteiger partial charge in [0.25, 0.3) is 0 Å². The van der Waals surface area contributed by atoms with Crippen molar-refractivity contribution in [3.8, 4) is 11.3 Å². The summed E-state index contributed by atoms with van der Waals surface area (Å²) in [6.07, 6.45) is 2.70. The van der Waals surface area contributed by atoms with Crippen LogP contribution in [0.2, 0.25) is 5.02 Å². The van der Waals surface area contributed by atoms with Gasteiger partial charge in [0.15, 0.2) is 0 Å². The number of rotatable bonds is 7. The molecule has 4 rings (SSSR count). The quantitative estimate of drug-likeness (QED) is 0.230. The van der Waals surface area contributed by atoms with E-state index < -0.39 is 11.9 Å². The Morgan fingerprint density at radius 1 is 0.972 bits per heavy atom. The number of aromatic nitrogens is 2. The molecule has 0 amide bonds. The Balaban J connectivity index is 0.000000538. The Hall–Kier alpha value is -3.69. The van der Waals surface area contributed by atoms with Crippen molar-refractivity contribution in [1.82, 2.24) is 9.55 Å². The van der Waals surface area contributed by atoms with Crippen LogP contribution >= 0.6 is 27.5 Å². The fourth-order valence-electron chi connectivity index (χ4n) is 3.35. The zero-order valence-corrected chi connectivity index (χ0v) is 21.2. The molecule has 1 aromatic heterocycles. The predicted molar refractivity (Wildman–Crippen MR) is 140 cm³/mol. The monoisotopic (exact) mass is 573 g/mol. The summed E-state index contributed by atoms with van der Waals surface area (Å²) >= 11 is 9.49. The Kier molecular flexibility index (Phi) is 9.61. The lowest BCUT2D eigenvalue weighted by atomic mass is 10.1. The SMILES string of the molecule is Fc1cccc(Br)c1CNc1ncc(-c2ccc(Cl)cc2)n1CCc1ccccc1.O=C(O)C(=O)O. The normalized spacial score (nSPS) is 10.3. The number of benzene rings is 3. The van der Waals surface area contributed by atoms with Gasteiger partial charge in [-0.15, -0.1) is 0 Å². The Labute approximate surface area is 220 Å². The number of aryl methyl sites for hydroxylation is 1. The summed E-state index contributed by atoms with van der Waals surface area (Å²) in [6.45, 7) is 1.07. The molecule has 3 aromatic carbocycles. The van der Waals surface area contributed by atoms with Gasteiger partial charge in [-0.1, -0.05) is 76.1 Å². The zero-order chi connectivity index (χ0) is 26.1. The molecule has 0 aliphatic rings. The van der Waals surface area contributed by atoms with Gasteiger partial charge in [0.2, 0.25) is 5.95 Å². The number of carboxylic acid groups (broad SMARTS) is 2. The third-order valence-electron chi connectivity index (χ3n) is 5.13. The highest BCUT2D eigenvalue weighted by Gasteiger charge is 2.14. The first-order valence-corrected chi connectivity index (χ1v) is 11.9. The molecule has 0 bridgehead atoms. The second-order valence-electron chi connectivity index (χ2n) is 7.53. The maximum absolute atomic E-state index is 14.2. The van der Waals surface area contributed by atoms with Crippen LogP contribution in [0.25, 0.3) is 11.3 Å². The second-order valence-corrected chi connectivity index (χ2v) is 8.82. The maximum Gasteiger partial charge on any atom is 0.414 e. The first-order valence-electron chi connectivity index (χ1n) is 10.7. The summed E-state index contributed by atoms with van der Waals surface area (Å²) in [5.41, 5.74) is 3.83. The van der Waals surface area contributed by atoms with E-state index in [4.69, 9.17) is 31.4 Å². The van der Waals surface area contributed by atoms with Gasteiger partial charge in [-0.2, -0.15) is 0 Å². The van der Waals surface area contributed by atoms with E-state index in [1.807, 2.05) is 54.7 Å². The molecule has 0 aliphatic carbocycles. The molecule has 0 radical (unpaired) electrons. The van der Waals surface area contributed by atoms with Crippen LogP contribution in [0.5, 0.6) is 0 Å². The Morgan fingerprint density at radius 2 is 1.64 bits per heavy atom. The number of halogens is 3. The molecule has 0 aliphatic heterocycles. The summed E-state index contributed by atoms with van der Waals surface area (Å²) in [6, 6.07) is 23.0. The van der Waals surface area contributed by atoms with Crippen LogP contribution in [0.15, 0.2) is 83.5 Å². The number of hydrogen-bond acceptors (Lipinski definition) is 4. The molecule has 0 saturated heterocycles. The molecular weight excluding hydrogens is 553 g/mol. The molecule has 0 saturated carbocycles. The van der Waals surface area contributed by atoms with E-state index >= 15 is 0 Å². The van der Waals surface area contributed by atoms with Crippen molar-refractivity contribution in [3.63, 3.8) is 0 Å². The molecule has 10 heteroatoms. The average molecular weight is 575 g/mol. The number of nitrogens with zero attached hydrogens (tertiary/aromatic N) is 2. The highest BCUT2D eigenvalue weighted by molar-refractivity contribution is 9.10. The second kappa shape index (κ2) is 12.9. The van der Waals surface area contributed by atoms with Crippen LogP contribution in [0.3, 0.4) is 0 Å². The maximum atomic E-state index is 14.2. The molecule has 0 atom stereocenters. The number of carboxylic acids is 2. The van der Waals surface area contributed by atoms with Gasteiger partial charge >= 0.3 is 11.9 Å². The third kappa shape index (κ3) is 7.40. The fraction of sp³-hybridized carbons (Fsp3) is 0.115. The molecular formula is C26H22BrClFN3O4. The van der Waals surface area contributed by atoms with Crippen LogP contribution in [-0.2, 0) is 29.1 Å². The highest BCUT2D eigenvalue weighted by Crippen LogP contribution is 2.27. The molecule has 0 spiro atoms. The first-order chi connectivity index (χ1) is 17.3. The van der Waals surface area contributed by atoms with Crippen LogP contribution in [-0.4, -0.2) is 31.7 Å². The Bertz CT molecular complexity index is 1300. The first kappa shape index (κ1) is 26.9. The van der Waals surface area contributed by atoms with Crippen molar-refractivity contribution in [2.24, 2.45) is 0 Å². The van der Waals surface area contributed by atoms with Crippen LogP contribution in [0, 0.1) is 5.82 Å². The molecule has 36 heavy (non-hydrogen) atoms. The number of carbonyl (C=O) groups is 2. The molecule has 186 valence electrons. The van der Waals surface area contributed by atoms with Crippen LogP contribution in [0.4, 0.5) is 10.3 Å². The number of imidazole rings is 1. The van der Waals surface area contributed by atoms with E-state index in [0.717, 1.165) is 28.7 Å². The van der Waals surface area contributed by atoms with Gasteiger partial charge in [-0.25, -0.2) is 19.0 Å². The fourth-order valence-corrected chi connectivity index (χ4v) is 3.96. The van der Waals surface area contributed by atoms with Crippen molar-refractivity contribution < 1.29 is 24.2 Å². The van der Waals surface area contributed by atoms with Crippen molar-refractivity contribution in [1.29, 1.82) is 0 Å². The smallest absolute Gasteiger partial charge is 0.414 e. The number of aliphatic carboxylic acids is 2. The number of nitrogens with one attached hydrogen (secondary N) is 1. The van der Waals surface area contributed by atoms with E-state index in [1.165, 1.54) is 11.6 Å².